The minimum Gasteiger partial charge on any atom is -0.386 e. The molecular weight excluding hydrogens is 218 g/mol. The smallest absolute Gasteiger partial charge is 0.0857 e. The molecule has 2 rings (SSSR count). The van der Waals surface area contributed by atoms with Gasteiger partial charge in [-0.15, -0.1) is 11.3 Å². The van der Waals surface area contributed by atoms with Crippen LogP contribution in [0.4, 0.5) is 0 Å². The molecule has 0 radical (unpaired) electrons. The molecule has 0 atom stereocenters. The van der Waals surface area contributed by atoms with E-state index in [1.807, 2.05) is 30.5 Å². The lowest BCUT2D eigenvalue weighted by Crippen LogP contribution is -2.17. The highest BCUT2D eigenvalue weighted by atomic mass is 32.1. The van der Waals surface area contributed by atoms with Crippen LogP contribution >= 0.6 is 11.3 Å². The first kappa shape index (κ1) is 11.3. The van der Waals surface area contributed by atoms with E-state index in [-0.39, 0.29) is 0 Å². The fourth-order valence-corrected chi connectivity index (χ4v) is 2.46. The van der Waals surface area contributed by atoms with Crippen molar-refractivity contribution in [2.75, 3.05) is 0 Å². The van der Waals surface area contributed by atoms with Gasteiger partial charge in [0.05, 0.1) is 16.2 Å². The molecule has 0 unspecified atom stereocenters. The molecule has 0 fully saturated rings. The van der Waals surface area contributed by atoms with E-state index in [9.17, 15) is 5.11 Å². The van der Waals surface area contributed by atoms with Gasteiger partial charge in [-0.05, 0) is 38.3 Å². The van der Waals surface area contributed by atoms with E-state index in [0.29, 0.717) is 0 Å². The number of nitrogens with zero attached hydrogens (tertiary/aromatic N) is 1. The van der Waals surface area contributed by atoms with Crippen molar-refractivity contribution in [3.8, 4) is 10.6 Å². The van der Waals surface area contributed by atoms with E-state index in [0.717, 1.165) is 21.8 Å². The second-order valence-corrected chi connectivity index (χ2v) is 5.31. The summed E-state index contributed by atoms with van der Waals surface area (Å²) in [7, 11) is 0. The van der Waals surface area contributed by atoms with Crippen LogP contribution in [0.3, 0.4) is 0 Å². The molecule has 0 spiro atoms. The van der Waals surface area contributed by atoms with Crippen molar-refractivity contribution < 1.29 is 5.11 Å². The fourth-order valence-electron chi connectivity index (χ4n) is 1.77. The van der Waals surface area contributed by atoms with Crippen LogP contribution in [0, 0.1) is 6.92 Å². The Bertz CT molecular complexity index is 483. The summed E-state index contributed by atoms with van der Waals surface area (Å²) in [5, 5.41) is 12.0. The number of aromatic nitrogens is 1. The zero-order valence-corrected chi connectivity index (χ0v) is 10.5. The summed E-state index contributed by atoms with van der Waals surface area (Å²) in [5.41, 5.74) is 1.91. The summed E-state index contributed by atoms with van der Waals surface area (Å²) in [6.07, 6.45) is 0. The molecule has 0 aliphatic rings. The molecular formula is C13H15NOS. The Kier molecular flexibility index (Phi) is 2.82. The highest BCUT2D eigenvalue weighted by molar-refractivity contribution is 7.13. The highest BCUT2D eigenvalue weighted by Gasteiger charge is 2.19. The van der Waals surface area contributed by atoms with Gasteiger partial charge in [-0.1, -0.05) is 12.1 Å². The Morgan fingerprint density at radius 3 is 2.50 bits per heavy atom. The number of thiophene rings is 1. The van der Waals surface area contributed by atoms with E-state index in [1.165, 1.54) is 0 Å². The molecule has 0 aromatic carbocycles. The molecule has 1 N–H and O–H groups in total. The van der Waals surface area contributed by atoms with Crippen molar-refractivity contribution >= 4 is 11.3 Å². The zero-order valence-electron chi connectivity index (χ0n) is 9.69. The predicted octanol–water partition coefficient (Wildman–Crippen LogP) is 3.35. The standard InChI is InChI=1S/C13H15NOS/c1-9-10(13(2,3)15)6-7-11(14-9)12-5-4-8-16-12/h4-8,15H,1-3H3. The second kappa shape index (κ2) is 4.00. The first-order chi connectivity index (χ1) is 7.48. The quantitative estimate of drug-likeness (QED) is 0.863. The van der Waals surface area contributed by atoms with Crippen molar-refractivity contribution in [1.29, 1.82) is 0 Å². The summed E-state index contributed by atoms with van der Waals surface area (Å²) >= 11 is 1.67. The van der Waals surface area contributed by atoms with E-state index >= 15 is 0 Å². The van der Waals surface area contributed by atoms with Crippen LogP contribution in [0.1, 0.15) is 25.1 Å². The van der Waals surface area contributed by atoms with Crippen molar-refractivity contribution in [1.82, 2.24) is 4.98 Å². The third-order valence-corrected chi connectivity index (χ3v) is 3.41. The van der Waals surface area contributed by atoms with Gasteiger partial charge in [-0.3, -0.25) is 4.98 Å². The van der Waals surface area contributed by atoms with Crippen molar-refractivity contribution in [3.05, 3.63) is 40.9 Å². The van der Waals surface area contributed by atoms with Gasteiger partial charge in [0, 0.05) is 11.3 Å². The minimum atomic E-state index is -0.828. The average molecular weight is 233 g/mol. The summed E-state index contributed by atoms with van der Waals surface area (Å²) in [4.78, 5) is 5.69. The largest absolute Gasteiger partial charge is 0.386 e. The normalized spacial score (nSPS) is 11.8. The van der Waals surface area contributed by atoms with Gasteiger partial charge in [-0.25, -0.2) is 0 Å². The van der Waals surface area contributed by atoms with Gasteiger partial charge in [0.2, 0.25) is 0 Å². The SMILES string of the molecule is Cc1nc(-c2cccs2)ccc1C(C)(C)O. The van der Waals surface area contributed by atoms with Gasteiger partial charge in [-0.2, -0.15) is 0 Å². The van der Waals surface area contributed by atoms with Crippen molar-refractivity contribution in [2.45, 2.75) is 26.4 Å². The fraction of sp³-hybridized carbons (Fsp3) is 0.308. The molecule has 0 saturated heterocycles. The van der Waals surface area contributed by atoms with Crippen LogP contribution < -0.4 is 0 Å². The maximum Gasteiger partial charge on any atom is 0.0857 e. The van der Waals surface area contributed by atoms with Crippen LogP contribution in [0.2, 0.25) is 0 Å². The van der Waals surface area contributed by atoms with Gasteiger partial charge < -0.3 is 5.11 Å². The van der Waals surface area contributed by atoms with Crippen LogP contribution in [0.15, 0.2) is 29.6 Å². The molecule has 0 amide bonds. The van der Waals surface area contributed by atoms with Crippen LogP contribution in [0.5, 0.6) is 0 Å². The van der Waals surface area contributed by atoms with E-state index in [1.54, 1.807) is 25.2 Å². The Morgan fingerprint density at radius 1 is 1.25 bits per heavy atom. The Labute approximate surface area is 99.6 Å². The maximum absolute atomic E-state index is 9.95. The minimum absolute atomic E-state index is 0.828. The molecule has 0 bridgehead atoms. The maximum atomic E-state index is 9.95. The first-order valence-corrected chi connectivity index (χ1v) is 6.11. The molecule has 2 nitrogen and oxygen atoms in total. The molecule has 0 aliphatic heterocycles. The van der Waals surface area contributed by atoms with Crippen LogP contribution in [-0.2, 0) is 5.60 Å². The molecule has 2 aromatic rings. The van der Waals surface area contributed by atoms with Crippen molar-refractivity contribution in [2.24, 2.45) is 0 Å². The number of pyridine rings is 1. The Balaban J connectivity index is 2.45. The average Bonchev–Trinajstić information content (AvgIpc) is 2.68. The zero-order chi connectivity index (χ0) is 11.8. The predicted molar refractivity (Wildman–Crippen MR) is 67.5 cm³/mol. The van der Waals surface area contributed by atoms with E-state index in [2.05, 4.69) is 11.1 Å². The van der Waals surface area contributed by atoms with Gasteiger partial charge in [0.15, 0.2) is 0 Å². The summed E-state index contributed by atoms with van der Waals surface area (Å²) in [5.74, 6) is 0. The number of hydrogen-bond acceptors (Lipinski definition) is 3. The topological polar surface area (TPSA) is 33.1 Å². The molecule has 3 heteroatoms. The van der Waals surface area contributed by atoms with Crippen LogP contribution in [-0.4, -0.2) is 10.1 Å². The molecule has 0 saturated carbocycles. The number of aliphatic hydroxyl groups is 1. The highest BCUT2D eigenvalue weighted by Crippen LogP contribution is 2.27. The summed E-state index contributed by atoms with van der Waals surface area (Å²) in [6.45, 7) is 5.49. The molecule has 2 aromatic heterocycles. The molecule has 2 heterocycles. The van der Waals surface area contributed by atoms with E-state index in [4.69, 9.17) is 0 Å². The van der Waals surface area contributed by atoms with Crippen LogP contribution in [0.25, 0.3) is 10.6 Å². The summed E-state index contributed by atoms with van der Waals surface area (Å²) in [6, 6.07) is 7.99. The molecule has 16 heavy (non-hydrogen) atoms. The number of hydrogen-bond donors (Lipinski definition) is 1. The lowest BCUT2D eigenvalue weighted by atomic mass is 9.97. The number of rotatable bonds is 2. The lowest BCUT2D eigenvalue weighted by molar-refractivity contribution is 0.0775. The number of aryl methyl sites for hydroxylation is 1. The third kappa shape index (κ3) is 2.15. The van der Waals surface area contributed by atoms with Crippen molar-refractivity contribution in [3.63, 3.8) is 0 Å². The third-order valence-electron chi connectivity index (χ3n) is 2.52. The molecule has 0 aliphatic carbocycles. The Hall–Kier alpha value is -1.19. The Morgan fingerprint density at radius 2 is 2.00 bits per heavy atom. The van der Waals surface area contributed by atoms with E-state index < -0.39 is 5.60 Å². The molecule has 84 valence electrons. The monoisotopic (exact) mass is 233 g/mol. The van der Waals surface area contributed by atoms with Gasteiger partial charge in [0.25, 0.3) is 0 Å². The van der Waals surface area contributed by atoms with Gasteiger partial charge >= 0.3 is 0 Å². The first-order valence-electron chi connectivity index (χ1n) is 5.23. The summed E-state index contributed by atoms with van der Waals surface area (Å²) < 4.78 is 0. The van der Waals surface area contributed by atoms with Gasteiger partial charge in [0.1, 0.15) is 0 Å². The second-order valence-electron chi connectivity index (χ2n) is 4.37. The lowest BCUT2D eigenvalue weighted by Gasteiger charge is -2.19.